The minimum atomic E-state index is -1.03. The van der Waals surface area contributed by atoms with Crippen LogP contribution in [0.25, 0.3) is 0 Å². The number of allylic oxidation sites excluding steroid dienone is 4. The molecule has 7 unspecified atom stereocenters. The molecule has 0 radical (unpaired) electrons. The molecule has 0 bridgehead atoms. The Kier molecular flexibility index (Phi) is 11.3. The van der Waals surface area contributed by atoms with Gasteiger partial charge >= 0.3 is 11.9 Å². The SMILES string of the molecule is CC(/C=C/C(O)C(C)/C=C/C(=O)O)=C\CC1OC2(CCC(C)C(/C=C/C(C)=C/C(=O)O)O2)CCC1C. The number of carboxylic acids is 2. The van der Waals surface area contributed by atoms with E-state index in [9.17, 15) is 14.7 Å². The molecule has 2 saturated heterocycles. The molecule has 2 fully saturated rings. The van der Waals surface area contributed by atoms with Gasteiger partial charge in [-0.25, -0.2) is 9.59 Å². The van der Waals surface area contributed by atoms with Gasteiger partial charge in [-0.05, 0) is 50.5 Å². The molecule has 7 heteroatoms. The Morgan fingerprint density at radius 2 is 1.61 bits per heavy atom. The van der Waals surface area contributed by atoms with E-state index >= 15 is 0 Å². The van der Waals surface area contributed by atoms with Crippen LogP contribution in [0.15, 0.2) is 59.8 Å². The molecule has 0 aromatic carbocycles. The van der Waals surface area contributed by atoms with Crippen molar-refractivity contribution in [2.75, 3.05) is 0 Å². The van der Waals surface area contributed by atoms with Gasteiger partial charge in [0.05, 0.1) is 18.3 Å². The van der Waals surface area contributed by atoms with E-state index in [0.29, 0.717) is 17.4 Å². The molecule has 36 heavy (non-hydrogen) atoms. The summed E-state index contributed by atoms with van der Waals surface area (Å²) in [7, 11) is 0. The zero-order valence-electron chi connectivity index (χ0n) is 22.1. The molecule has 0 saturated carbocycles. The van der Waals surface area contributed by atoms with Crippen molar-refractivity contribution in [2.24, 2.45) is 17.8 Å². The number of aliphatic hydroxyl groups excluding tert-OH is 1. The van der Waals surface area contributed by atoms with Crippen molar-refractivity contribution in [1.82, 2.24) is 0 Å². The lowest BCUT2D eigenvalue weighted by Crippen LogP contribution is -2.51. The lowest BCUT2D eigenvalue weighted by molar-refractivity contribution is -0.323. The molecule has 2 heterocycles. The highest BCUT2D eigenvalue weighted by Crippen LogP contribution is 2.43. The Morgan fingerprint density at radius 1 is 0.944 bits per heavy atom. The number of hydrogen-bond donors (Lipinski definition) is 3. The maximum Gasteiger partial charge on any atom is 0.328 e. The minimum absolute atomic E-state index is 0.0103. The molecule has 2 aliphatic rings. The molecule has 0 aliphatic carbocycles. The molecule has 0 amide bonds. The largest absolute Gasteiger partial charge is 0.478 e. The van der Waals surface area contributed by atoms with E-state index in [0.717, 1.165) is 43.8 Å². The molecule has 200 valence electrons. The van der Waals surface area contributed by atoms with E-state index in [-0.39, 0.29) is 18.1 Å². The summed E-state index contributed by atoms with van der Waals surface area (Å²) in [6.07, 6.45) is 16.6. The number of carbonyl (C=O) groups is 2. The van der Waals surface area contributed by atoms with Crippen LogP contribution in [0.2, 0.25) is 0 Å². The van der Waals surface area contributed by atoms with Gasteiger partial charge in [0.2, 0.25) is 0 Å². The summed E-state index contributed by atoms with van der Waals surface area (Å²) in [6.45, 7) is 9.84. The third-order valence-corrected chi connectivity index (χ3v) is 7.08. The number of hydrogen-bond acceptors (Lipinski definition) is 5. The van der Waals surface area contributed by atoms with Crippen molar-refractivity contribution in [3.63, 3.8) is 0 Å². The van der Waals surface area contributed by atoms with Gasteiger partial charge in [-0.2, -0.15) is 0 Å². The van der Waals surface area contributed by atoms with Gasteiger partial charge in [-0.1, -0.05) is 62.8 Å². The third-order valence-electron chi connectivity index (χ3n) is 7.08. The van der Waals surface area contributed by atoms with Crippen LogP contribution >= 0.6 is 0 Å². The topological polar surface area (TPSA) is 113 Å². The Bertz CT molecular complexity index is 909. The number of carboxylic acid groups (broad SMARTS) is 2. The van der Waals surface area contributed by atoms with E-state index in [1.807, 2.05) is 25.2 Å². The molecule has 0 aromatic rings. The van der Waals surface area contributed by atoms with Gasteiger partial charge in [0.1, 0.15) is 0 Å². The van der Waals surface area contributed by atoms with Crippen molar-refractivity contribution in [3.05, 3.63) is 59.8 Å². The molecule has 1 spiro atoms. The predicted octanol–water partition coefficient (Wildman–Crippen LogP) is 5.43. The van der Waals surface area contributed by atoms with Gasteiger partial charge in [-0.15, -0.1) is 0 Å². The highest BCUT2D eigenvalue weighted by Gasteiger charge is 2.45. The standard InChI is InChI=1S/C29H42O7/c1-19(6-10-24(30)21(3)9-13-27(31)32)7-11-25-22(4)14-16-29(35-25)17-15-23(5)26(36-29)12-8-20(2)18-28(33)34/h6-10,12-13,18,21-26,30H,11,14-17H2,1-5H3,(H,31,32)(H,33,34)/b10-6+,12-8+,13-9+,19-7+,20-18+. The van der Waals surface area contributed by atoms with Crippen molar-refractivity contribution >= 4 is 11.9 Å². The maximum absolute atomic E-state index is 10.9. The number of aliphatic hydroxyl groups is 1. The zero-order chi connectivity index (χ0) is 26.9. The molecule has 7 nitrogen and oxygen atoms in total. The normalized spacial score (nSPS) is 31.9. The Hall–Kier alpha value is -2.48. The summed E-state index contributed by atoms with van der Waals surface area (Å²) in [6, 6.07) is 0. The number of aliphatic carboxylic acids is 2. The Morgan fingerprint density at radius 3 is 2.25 bits per heavy atom. The molecule has 2 aliphatic heterocycles. The van der Waals surface area contributed by atoms with Crippen molar-refractivity contribution in [1.29, 1.82) is 0 Å². The highest BCUT2D eigenvalue weighted by atomic mass is 16.7. The first-order chi connectivity index (χ1) is 16.9. The van der Waals surface area contributed by atoms with Crippen LogP contribution in [0.5, 0.6) is 0 Å². The van der Waals surface area contributed by atoms with Crippen molar-refractivity contribution in [3.8, 4) is 0 Å². The van der Waals surface area contributed by atoms with Crippen LogP contribution in [-0.2, 0) is 19.1 Å². The summed E-state index contributed by atoms with van der Waals surface area (Å²) in [5.74, 6) is -2.22. The van der Waals surface area contributed by atoms with Gasteiger partial charge in [0, 0.05) is 30.9 Å². The summed E-state index contributed by atoms with van der Waals surface area (Å²) < 4.78 is 13.1. The van der Waals surface area contributed by atoms with Crippen LogP contribution in [0, 0.1) is 17.8 Å². The van der Waals surface area contributed by atoms with E-state index in [2.05, 4.69) is 19.9 Å². The average Bonchev–Trinajstić information content (AvgIpc) is 2.81. The zero-order valence-corrected chi connectivity index (χ0v) is 22.1. The molecule has 0 aromatic heterocycles. The summed E-state index contributed by atoms with van der Waals surface area (Å²) in [4.78, 5) is 21.5. The average molecular weight is 503 g/mol. The van der Waals surface area contributed by atoms with Crippen molar-refractivity contribution in [2.45, 2.75) is 90.8 Å². The van der Waals surface area contributed by atoms with Gasteiger partial charge in [0.25, 0.3) is 0 Å². The van der Waals surface area contributed by atoms with E-state index < -0.39 is 23.8 Å². The monoisotopic (exact) mass is 502 g/mol. The lowest BCUT2D eigenvalue weighted by atomic mass is 9.83. The fraction of sp³-hybridized carbons (Fsp3) is 0.586. The van der Waals surface area contributed by atoms with Crippen LogP contribution in [0.1, 0.15) is 66.7 Å². The second kappa shape index (κ2) is 13.7. The fourth-order valence-corrected chi connectivity index (χ4v) is 4.53. The predicted molar refractivity (Wildman–Crippen MR) is 139 cm³/mol. The molecule has 2 rings (SSSR count). The highest BCUT2D eigenvalue weighted by molar-refractivity contribution is 5.81. The smallest absolute Gasteiger partial charge is 0.328 e. The molecule has 3 N–H and O–H groups in total. The van der Waals surface area contributed by atoms with Crippen molar-refractivity contribution < 1.29 is 34.4 Å². The molecular formula is C29H42O7. The van der Waals surface area contributed by atoms with Gasteiger partial charge < -0.3 is 24.8 Å². The Balaban J connectivity index is 2.01. The first kappa shape index (κ1) is 29.7. The minimum Gasteiger partial charge on any atom is -0.478 e. The second-order valence-electron chi connectivity index (χ2n) is 10.4. The quantitative estimate of drug-likeness (QED) is 0.270. The van der Waals surface area contributed by atoms with E-state index in [1.165, 1.54) is 12.2 Å². The van der Waals surface area contributed by atoms with Gasteiger partial charge in [-0.3, -0.25) is 0 Å². The Labute approximate surface area is 214 Å². The van der Waals surface area contributed by atoms with Gasteiger partial charge in [0.15, 0.2) is 5.79 Å². The number of rotatable bonds is 10. The first-order valence-corrected chi connectivity index (χ1v) is 12.8. The number of ether oxygens (including phenoxy) is 2. The lowest BCUT2D eigenvalue weighted by Gasteiger charge is -2.49. The van der Waals surface area contributed by atoms with E-state index in [1.54, 1.807) is 19.9 Å². The first-order valence-electron chi connectivity index (χ1n) is 12.8. The molecular weight excluding hydrogens is 460 g/mol. The van der Waals surface area contributed by atoms with Crippen LogP contribution in [-0.4, -0.2) is 51.4 Å². The van der Waals surface area contributed by atoms with E-state index in [4.69, 9.17) is 19.7 Å². The molecule has 7 atom stereocenters. The van der Waals surface area contributed by atoms with Crippen LogP contribution < -0.4 is 0 Å². The fourth-order valence-electron chi connectivity index (χ4n) is 4.53. The summed E-state index contributed by atoms with van der Waals surface area (Å²) in [5.41, 5.74) is 1.67. The second-order valence-corrected chi connectivity index (χ2v) is 10.4. The maximum atomic E-state index is 10.9. The van der Waals surface area contributed by atoms with Crippen LogP contribution in [0.4, 0.5) is 0 Å². The summed E-state index contributed by atoms with van der Waals surface area (Å²) >= 11 is 0. The third kappa shape index (κ3) is 9.52. The summed E-state index contributed by atoms with van der Waals surface area (Å²) in [5, 5.41) is 27.9. The van der Waals surface area contributed by atoms with Crippen LogP contribution in [0.3, 0.4) is 0 Å².